The van der Waals surface area contributed by atoms with Crippen molar-refractivity contribution in [2.24, 2.45) is 0 Å². The Morgan fingerprint density at radius 1 is 1.39 bits per heavy atom. The minimum atomic E-state index is -0.172. The third-order valence-electron chi connectivity index (χ3n) is 3.96. The molecule has 0 aliphatic carbocycles. The lowest BCUT2D eigenvalue weighted by Gasteiger charge is -2.39. The summed E-state index contributed by atoms with van der Waals surface area (Å²) < 4.78 is 7.05. The van der Waals surface area contributed by atoms with Gasteiger partial charge in [0.15, 0.2) is 0 Å². The van der Waals surface area contributed by atoms with Crippen LogP contribution in [0.2, 0.25) is 0 Å². The SMILES string of the molecule is Cc1ncn(CC(=O)N2CC(Oc3cccnc3)C2)c(=O)c1C. The Balaban J connectivity index is 1.55. The maximum absolute atomic E-state index is 12.2. The number of carbonyl (C=O) groups is 1. The fourth-order valence-corrected chi connectivity index (χ4v) is 2.36. The van der Waals surface area contributed by atoms with Gasteiger partial charge in [-0.1, -0.05) is 0 Å². The summed E-state index contributed by atoms with van der Waals surface area (Å²) in [5, 5.41) is 0. The highest BCUT2D eigenvalue weighted by Gasteiger charge is 2.32. The van der Waals surface area contributed by atoms with Gasteiger partial charge in [-0.3, -0.25) is 19.1 Å². The van der Waals surface area contributed by atoms with Crippen molar-refractivity contribution in [1.82, 2.24) is 19.4 Å². The Labute approximate surface area is 133 Å². The molecule has 0 N–H and O–H groups in total. The maximum Gasteiger partial charge on any atom is 0.256 e. The van der Waals surface area contributed by atoms with Crippen molar-refractivity contribution in [1.29, 1.82) is 0 Å². The van der Waals surface area contributed by atoms with Gasteiger partial charge in [0.05, 0.1) is 25.6 Å². The molecule has 7 heteroatoms. The van der Waals surface area contributed by atoms with E-state index >= 15 is 0 Å². The lowest BCUT2D eigenvalue weighted by Crippen LogP contribution is -2.57. The highest BCUT2D eigenvalue weighted by molar-refractivity contribution is 5.77. The number of amides is 1. The molecule has 3 heterocycles. The predicted molar refractivity (Wildman–Crippen MR) is 83.2 cm³/mol. The lowest BCUT2D eigenvalue weighted by molar-refractivity contribution is -0.140. The summed E-state index contributed by atoms with van der Waals surface area (Å²) in [4.78, 5) is 34.1. The molecule has 0 unspecified atom stereocenters. The monoisotopic (exact) mass is 314 g/mol. The van der Waals surface area contributed by atoms with E-state index < -0.39 is 0 Å². The number of hydrogen-bond donors (Lipinski definition) is 0. The van der Waals surface area contributed by atoms with E-state index in [2.05, 4.69) is 9.97 Å². The highest BCUT2D eigenvalue weighted by atomic mass is 16.5. The van der Waals surface area contributed by atoms with Gasteiger partial charge in [0.2, 0.25) is 5.91 Å². The van der Waals surface area contributed by atoms with Crippen LogP contribution in [0.25, 0.3) is 0 Å². The molecule has 0 atom stereocenters. The number of pyridine rings is 1. The molecule has 2 aromatic heterocycles. The largest absolute Gasteiger partial charge is 0.485 e. The van der Waals surface area contributed by atoms with Gasteiger partial charge in [0.1, 0.15) is 18.4 Å². The Hall–Kier alpha value is -2.70. The quantitative estimate of drug-likeness (QED) is 0.823. The molecule has 0 saturated carbocycles. The molecule has 0 bridgehead atoms. The molecule has 1 fully saturated rings. The number of hydrogen-bond acceptors (Lipinski definition) is 5. The van der Waals surface area contributed by atoms with Gasteiger partial charge < -0.3 is 9.64 Å². The number of aromatic nitrogens is 3. The zero-order valence-corrected chi connectivity index (χ0v) is 13.1. The molecule has 1 amide bonds. The fourth-order valence-electron chi connectivity index (χ4n) is 2.36. The van der Waals surface area contributed by atoms with Crippen LogP contribution in [0, 0.1) is 13.8 Å². The molecule has 1 aliphatic rings. The molecular formula is C16H18N4O3. The second-order valence-electron chi connectivity index (χ2n) is 5.62. The second-order valence-corrected chi connectivity index (χ2v) is 5.62. The maximum atomic E-state index is 12.2. The van der Waals surface area contributed by atoms with E-state index in [0.29, 0.717) is 30.1 Å². The van der Waals surface area contributed by atoms with Crippen molar-refractivity contribution in [2.75, 3.05) is 13.1 Å². The van der Waals surface area contributed by atoms with Crippen LogP contribution in [0.1, 0.15) is 11.3 Å². The first-order chi connectivity index (χ1) is 11.0. The molecule has 0 aromatic carbocycles. The van der Waals surface area contributed by atoms with E-state index in [1.165, 1.54) is 10.9 Å². The third kappa shape index (κ3) is 3.23. The van der Waals surface area contributed by atoms with Gasteiger partial charge in [-0.15, -0.1) is 0 Å². The Bertz CT molecular complexity index is 767. The molecule has 120 valence electrons. The average Bonchev–Trinajstić information content (AvgIpc) is 2.52. The van der Waals surface area contributed by atoms with Crippen molar-refractivity contribution in [2.45, 2.75) is 26.5 Å². The molecule has 23 heavy (non-hydrogen) atoms. The summed E-state index contributed by atoms with van der Waals surface area (Å²) in [5.74, 6) is 0.586. The number of aryl methyl sites for hydroxylation is 1. The standard InChI is InChI=1S/C16H18N4O3/c1-11-12(2)18-10-20(16(11)22)9-15(21)19-7-14(8-19)23-13-4-3-5-17-6-13/h3-6,10,14H,7-9H2,1-2H3. The van der Waals surface area contributed by atoms with E-state index in [9.17, 15) is 9.59 Å². The van der Waals surface area contributed by atoms with Crippen molar-refractivity contribution in [3.63, 3.8) is 0 Å². The highest BCUT2D eigenvalue weighted by Crippen LogP contribution is 2.17. The first-order valence-corrected chi connectivity index (χ1v) is 7.41. The zero-order valence-electron chi connectivity index (χ0n) is 13.1. The van der Waals surface area contributed by atoms with Crippen molar-refractivity contribution in [3.05, 3.63) is 52.5 Å². The Kier molecular flexibility index (Phi) is 4.10. The molecule has 1 aliphatic heterocycles. The number of likely N-dealkylation sites (tertiary alicyclic amines) is 1. The van der Waals surface area contributed by atoms with Gasteiger partial charge in [-0.25, -0.2) is 4.98 Å². The number of carbonyl (C=O) groups excluding carboxylic acids is 1. The summed E-state index contributed by atoms with van der Waals surface area (Å²) in [6.45, 7) is 4.53. The van der Waals surface area contributed by atoms with Crippen molar-refractivity contribution in [3.8, 4) is 5.75 Å². The smallest absolute Gasteiger partial charge is 0.256 e. The first kappa shape index (κ1) is 15.2. The molecule has 2 aromatic rings. The molecular weight excluding hydrogens is 296 g/mol. The van der Waals surface area contributed by atoms with Crippen LogP contribution in [-0.2, 0) is 11.3 Å². The Morgan fingerprint density at radius 2 is 2.17 bits per heavy atom. The van der Waals surface area contributed by atoms with Crippen LogP contribution in [-0.4, -0.2) is 44.5 Å². The van der Waals surface area contributed by atoms with Gasteiger partial charge in [-0.2, -0.15) is 0 Å². The summed E-state index contributed by atoms with van der Waals surface area (Å²) in [5.41, 5.74) is 1.09. The van der Waals surface area contributed by atoms with Gasteiger partial charge >= 0.3 is 0 Å². The average molecular weight is 314 g/mol. The van der Waals surface area contributed by atoms with Crippen LogP contribution in [0.4, 0.5) is 0 Å². The van der Waals surface area contributed by atoms with E-state index in [4.69, 9.17) is 4.74 Å². The zero-order chi connectivity index (χ0) is 16.4. The van der Waals surface area contributed by atoms with Crippen LogP contribution in [0.15, 0.2) is 35.6 Å². The number of rotatable bonds is 4. The van der Waals surface area contributed by atoms with Crippen molar-refractivity contribution >= 4 is 5.91 Å². The summed E-state index contributed by atoms with van der Waals surface area (Å²) in [7, 11) is 0. The number of ether oxygens (including phenoxy) is 1. The minimum absolute atomic E-state index is 0.00651. The Morgan fingerprint density at radius 3 is 2.87 bits per heavy atom. The van der Waals surface area contributed by atoms with Gasteiger partial charge in [0.25, 0.3) is 5.56 Å². The molecule has 3 rings (SSSR count). The first-order valence-electron chi connectivity index (χ1n) is 7.41. The van der Waals surface area contributed by atoms with Crippen LogP contribution >= 0.6 is 0 Å². The third-order valence-corrected chi connectivity index (χ3v) is 3.96. The molecule has 0 radical (unpaired) electrons. The summed E-state index contributed by atoms with van der Waals surface area (Å²) >= 11 is 0. The lowest BCUT2D eigenvalue weighted by atomic mass is 10.1. The molecule has 7 nitrogen and oxygen atoms in total. The van der Waals surface area contributed by atoms with E-state index in [-0.39, 0.29) is 24.1 Å². The van der Waals surface area contributed by atoms with Gasteiger partial charge in [0, 0.05) is 17.5 Å². The minimum Gasteiger partial charge on any atom is -0.485 e. The van der Waals surface area contributed by atoms with E-state index in [1.54, 1.807) is 37.2 Å². The van der Waals surface area contributed by atoms with E-state index in [1.807, 2.05) is 6.07 Å². The predicted octanol–water partition coefficient (Wildman–Crippen LogP) is 0.545. The normalized spacial score (nSPS) is 14.4. The van der Waals surface area contributed by atoms with Crippen LogP contribution in [0.5, 0.6) is 5.75 Å². The van der Waals surface area contributed by atoms with Crippen LogP contribution in [0.3, 0.4) is 0 Å². The molecule has 0 spiro atoms. The second kappa shape index (κ2) is 6.20. The summed E-state index contributed by atoms with van der Waals surface area (Å²) in [6.07, 6.45) is 4.72. The number of nitrogens with zero attached hydrogens (tertiary/aromatic N) is 4. The fraction of sp³-hybridized carbons (Fsp3) is 0.375. The topological polar surface area (TPSA) is 77.3 Å². The van der Waals surface area contributed by atoms with Crippen LogP contribution < -0.4 is 10.3 Å². The van der Waals surface area contributed by atoms with Crippen molar-refractivity contribution < 1.29 is 9.53 Å². The summed E-state index contributed by atoms with van der Waals surface area (Å²) in [6, 6.07) is 3.63. The molecule has 1 saturated heterocycles. The van der Waals surface area contributed by atoms with Gasteiger partial charge in [-0.05, 0) is 26.0 Å². The van der Waals surface area contributed by atoms with E-state index in [0.717, 1.165) is 0 Å².